The van der Waals surface area contributed by atoms with Crippen LogP contribution in [0.5, 0.6) is 0 Å². The molecule has 4 aliphatic rings. The Morgan fingerprint density at radius 3 is 2.40 bits per heavy atom. The molecule has 1 saturated heterocycles. The van der Waals surface area contributed by atoms with Gasteiger partial charge in [-0.15, -0.1) is 0 Å². The number of hydrogen-bond acceptors (Lipinski definition) is 12. The second-order valence-corrected chi connectivity index (χ2v) is 17.0. The molecule has 50 heavy (non-hydrogen) atoms. The van der Waals surface area contributed by atoms with Gasteiger partial charge in [0.2, 0.25) is 5.91 Å². The summed E-state index contributed by atoms with van der Waals surface area (Å²) in [5.74, 6) is -0.825. The fourth-order valence-electron chi connectivity index (χ4n) is 6.65. The van der Waals surface area contributed by atoms with Crippen molar-refractivity contribution in [1.29, 1.82) is 0 Å². The quantitative estimate of drug-likeness (QED) is 0.114. The number of aromatic nitrogens is 2. The van der Waals surface area contributed by atoms with E-state index >= 15 is 0 Å². The monoisotopic (exact) mass is 739 g/mol. The summed E-state index contributed by atoms with van der Waals surface area (Å²) in [4.78, 5) is 88.1. The molecule has 3 aliphatic carbocycles. The van der Waals surface area contributed by atoms with E-state index in [0.29, 0.717) is 25.9 Å². The molecular weight excluding hydrogens is 697 g/mol. The molecule has 6 N–H and O–H groups in total. The first-order valence-corrected chi connectivity index (χ1v) is 19.6. The second-order valence-electron chi connectivity index (χ2n) is 13.2. The van der Waals surface area contributed by atoms with E-state index in [1.54, 1.807) is 0 Å². The Hall–Kier alpha value is -2.99. The molecule has 2 unspecified atom stereocenters. The normalized spacial score (nSPS) is 28.7. The van der Waals surface area contributed by atoms with Gasteiger partial charge < -0.3 is 48.8 Å². The van der Waals surface area contributed by atoms with E-state index in [0.717, 1.165) is 18.4 Å². The highest BCUT2D eigenvalue weighted by Crippen LogP contribution is 2.56. The molecule has 21 heteroatoms. The number of amides is 3. The third-order valence-electron chi connectivity index (χ3n) is 9.42. The molecule has 2 heterocycles. The molecule has 3 fully saturated rings. The zero-order valence-electron chi connectivity index (χ0n) is 27.7. The Bertz CT molecular complexity index is 1560. The van der Waals surface area contributed by atoms with Crippen LogP contribution in [-0.4, -0.2) is 111 Å². The molecule has 5 rings (SSSR count). The predicted octanol–water partition coefficient (Wildman–Crippen LogP) is -0.118. The molecule has 3 amide bonds. The van der Waals surface area contributed by atoms with Crippen molar-refractivity contribution in [2.75, 3.05) is 39.5 Å². The fraction of sp³-hybridized carbons (Fsp3) is 0.621. The summed E-state index contributed by atoms with van der Waals surface area (Å²) in [7, 11) is -11.8. The van der Waals surface area contributed by atoms with Crippen LogP contribution < -0.4 is 20.8 Å². The van der Waals surface area contributed by atoms with Gasteiger partial charge in [0.25, 0.3) is 5.91 Å². The highest BCUT2D eigenvalue weighted by atomic mass is 31.2. The molecule has 2 saturated carbocycles. The van der Waals surface area contributed by atoms with E-state index in [-0.39, 0.29) is 55.7 Å². The number of allylic oxidation sites excluding steroid dienone is 3. The van der Waals surface area contributed by atoms with Crippen molar-refractivity contribution in [3.63, 3.8) is 0 Å². The summed E-state index contributed by atoms with van der Waals surface area (Å²) in [5, 5.41) is 7.71. The van der Waals surface area contributed by atoms with Gasteiger partial charge in [0.1, 0.15) is 17.8 Å². The Morgan fingerprint density at radius 1 is 1.12 bits per heavy atom. The zero-order valence-corrected chi connectivity index (χ0v) is 29.5. The minimum atomic E-state index is -5.61. The highest BCUT2D eigenvalue weighted by molar-refractivity contribution is 7.70. The molecule has 0 radical (unpaired) electrons. The van der Waals surface area contributed by atoms with Crippen molar-refractivity contribution in [3.8, 4) is 0 Å². The van der Waals surface area contributed by atoms with Gasteiger partial charge >= 0.3 is 20.8 Å². The van der Waals surface area contributed by atoms with Crippen LogP contribution in [-0.2, 0) is 28.0 Å². The number of ether oxygens (including phenoxy) is 1. The predicted molar refractivity (Wildman–Crippen MR) is 175 cm³/mol. The lowest BCUT2D eigenvalue weighted by molar-refractivity contribution is -0.195. The maximum atomic E-state index is 14.3. The van der Waals surface area contributed by atoms with Crippen LogP contribution in [0.3, 0.4) is 0 Å². The first-order valence-electron chi connectivity index (χ1n) is 16.3. The van der Waals surface area contributed by atoms with Crippen LogP contribution in [0.1, 0.15) is 50.0 Å². The molecule has 6 atom stereocenters. The smallest absolute Gasteiger partial charge is 0.484 e. The Balaban J connectivity index is 1.20. The van der Waals surface area contributed by atoms with Gasteiger partial charge in [-0.25, -0.2) is 9.78 Å². The molecular formula is C29H42BN6O12P2-. The number of carbonyl (C=O) groups is 3. The van der Waals surface area contributed by atoms with Crippen LogP contribution in [0, 0.1) is 17.8 Å². The molecule has 0 bridgehead atoms. The number of rotatable bonds is 13. The van der Waals surface area contributed by atoms with E-state index in [4.69, 9.17) is 28.7 Å². The summed E-state index contributed by atoms with van der Waals surface area (Å²) in [6, 6.07) is 0. The van der Waals surface area contributed by atoms with Gasteiger partial charge in [-0.2, -0.15) is 0 Å². The largest absolute Gasteiger partial charge is 0.777 e. The second kappa shape index (κ2) is 15.3. The number of carbonyl (C=O) groups excluding carboxylic acids is 3. The minimum Gasteiger partial charge on any atom is -0.777 e. The van der Waals surface area contributed by atoms with E-state index in [2.05, 4.69) is 46.6 Å². The van der Waals surface area contributed by atoms with Crippen LogP contribution in [0.4, 0.5) is 4.79 Å². The molecule has 1 aromatic rings. The summed E-state index contributed by atoms with van der Waals surface area (Å²) >= 11 is 0. The number of alkyl carbamates (subject to hydrolysis) is 1. The van der Waals surface area contributed by atoms with E-state index < -0.39 is 50.8 Å². The van der Waals surface area contributed by atoms with Crippen LogP contribution >= 0.6 is 15.2 Å². The summed E-state index contributed by atoms with van der Waals surface area (Å²) in [6.07, 6.45) is 11.7. The number of nitrogens with zero attached hydrogens (tertiary/aromatic N) is 3. The Morgan fingerprint density at radius 2 is 1.84 bits per heavy atom. The van der Waals surface area contributed by atoms with Gasteiger partial charge in [-0.3, -0.25) is 29.4 Å². The van der Waals surface area contributed by atoms with Gasteiger partial charge in [0.05, 0.1) is 11.6 Å². The van der Waals surface area contributed by atoms with Crippen molar-refractivity contribution < 1.29 is 57.1 Å². The minimum absolute atomic E-state index is 0.0398. The van der Waals surface area contributed by atoms with Crippen LogP contribution in [0.15, 0.2) is 42.4 Å². The molecule has 274 valence electrons. The summed E-state index contributed by atoms with van der Waals surface area (Å²) in [5.41, 5.74) is -3.77. The van der Waals surface area contributed by atoms with Crippen molar-refractivity contribution in [2.24, 2.45) is 17.8 Å². The Labute approximate surface area is 289 Å². The topological polar surface area (TPSA) is 262 Å². The molecule has 1 aliphatic heterocycles. The third kappa shape index (κ3) is 8.90. The molecule has 1 aromatic heterocycles. The van der Waals surface area contributed by atoms with Crippen molar-refractivity contribution >= 4 is 40.2 Å². The van der Waals surface area contributed by atoms with E-state index in [1.807, 2.05) is 11.0 Å². The van der Waals surface area contributed by atoms with Crippen molar-refractivity contribution in [3.05, 3.63) is 48.1 Å². The maximum absolute atomic E-state index is 14.3. The lowest BCUT2D eigenvalue weighted by atomic mass is 9.71. The van der Waals surface area contributed by atoms with Crippen LogP contribution in [0.2, 0.25) is 0 Å². The molecule has 0 spiro atoms. The van der Waals surface area contributed by atoms with Gasteiger partial charge in [0.15, 0.2) is 13.1 Å². The van der Waals surface area contributed by atoms with Gasteiger partial charge in [-0.05, 0) is 43.1 Å². The van der Waals surface area contributed by atoms with Crippen molar-refractivity contribution in [2.45, 2.75) is 56.0 Å². The van der Waals surface area contributed by atoms with Gasteiger partial charge in [0, 0.05) is 51.2 Å². The lowest BCUT2D eigenvalue weighted by Crippen LogP contribution is -2.61. The maximum Gasteiger partial charge on any atom is 0.484 e. The molecule has 0 aromatic carbocycles. The number of nitrogens with one attached hydrogen (secondary N) is 3. The fourth-order valence-corrected chi connectivity index (χ4v) is 8.71. The first kappa shape index (κ1) is 38.3. The summed E-state index contributed by atoms with van der Waals surface area (Å²) in [6.45, 7) is 5.09. The van der Waals surface area contributed by atoms with Crippen molar-refractivity contribution in [1.82, 2.24) is 30.8 Å². The highest BCUT2D eigenvalue weighted by Gasteiger charge is 2.70. The third-order valence-corrected chi connectivity index (χ3v) is 12.7. The molecule has 18 nitrogen and oxygen atoms in total. The van der Waals surface area contributed by atoms with E-state index in [9.17, 15) is 28.4 Å². The zero-order chi connectivity index (χ0) is 36.3. The Kier molecular flexibility index (Phi) is 11.7. The van der Waals surface area contributed by atoms with E-state index in [1.165, 1.54) is 23.9 Å². The average molecular weight is 739 g/mol. The lowest BCUT2D eigenvalue weighted by Gasteiger charge is -2.33. The number of hydrogen-bond donors (Lipinski definition) is 6. The summed E-state index contributed by atoms with van der Waals surface area (Å²) < 4.78 is 39.9. The van der Waals surface area contributed by atoms with Gasteiger partial charge in [-0.1, -0.05) is 32.1 Å². The van der Waals surface area contributed by atoms with Crippen LogP contribution in [0.25, 0.3) is 0 Å². The SMILES string of the molecule is CC(C)[C@@H]1C[C@@]1(NC(=O)[C@@]1(NC(=O)c2cnccn2)C[C@@H]1C1=CCCC=C1)B1OCCN(CCOC(=O)NC(P(=O)([O-])O)P(=O)(O)O)CCO1. The standard InChI is InChI=1S/C29H43BN6O12P2/c1-19(2)21-17-29(21,30-47-14-11-36(12-15-48-30)10-13-46-26(39)33-27(49(40,41)42)50(43,44)45)35-25(38)28(16-22(28)20-6-4-3-5-7-20)34-24(37)23-18-31-8-9-32-23/h4,6-9,18-19,21-22,27H,3,5,10-17H2,1-2H3,(H,33,39)(H,34,37)(H,35,38)(H2,40,41,42)(H2,43,44,45)/p-1/t21-,22+,28+,29-/m0/s1. The average Bonchev–Trinajstić information content (AvgIpc) is 3.95. The first-order chi connectivity index (χ1) is 23.6.